The predicted molar refractivity (Wildman–Crippen MR) is 72.7 cm³/mol. The molecule has 0 unspecified atom stereocenters. The predicted octanol–water partition coefficient (Wildman–Crippen LogP) is 0.246. The lowest BCUT2D eigenvalue weighted by molar-refractivity contribution is -0.234. The van der Waals surface area contributed by atoms with Gasteiger partial charge in [-0.1, -0.05) is 0 Å². The maximum absolute atomic E-state index is 11.4. The van der Waals surface area contributed by atoms with Gasteiger partial charge in [-0.25, -0.2) is 0 Å². The van der Waals surface area contributed by atoms with Crippen molar-refractivity contribution in [1.82, 2.24) is 0 Å². The molecule has 5 atom stereocenters. The van der Waals surface area contributed by atoms with Crippen LogP contribution in [0.3, 0.4) is 0 Å². The molecule has 2 aliphatic heterocycles. The highest BCUT2D eigenvalue weighted by molar-refractivity contribution is 7.86. The number of rotatable bonds is 5. The molecule has 0 bridgehead atoms. The van der Waals surface area contributed by atoms with Gasteiger partial charge in [-0.2, -0.15) is 8.42 Å². The summed E-state index contributed by atoms with van der Waals surface area (Å²) in [7, 11) is -2.20. The molecule has 0 aromatic heterocycles. The van der Waals surface area contributed by atoms with Crippen LogP contribution < -0.4 is 0 Å². The van der Waals surface area contributed by atoms with E-state index in [-0.39, 0.29) is 6.42 Å². The lowest BCUT2D eigenvalue weighted by atomic mass is 10.0. The average Bonchev–Trinajstić information content (AvgIpc) is 2.79. The van der Waals surface area contributed by atoms with E-state index in [2.05, 4.69) is 5.92 Å². The van der Waals surface area contributed by atoms with Gasteiger partial charge in [0.1, 0.15) is 24.4 Å². The number of hydrogen-bond donors (Lipinski definition) is 0. The second kappa shape index (κ2) is 5.83. The molecule has 0 amide bonds. The van der Waals surface area contributed by atoms with Crippen molar-refractivity contribution in [2.24, 2.45) is 0 Å². The van der Waals surface area contributed by atoms with Gasteiger partial charge < -0.3 is 18.9 Å². The third-order valence-electron chi connectivity index (χ3n) is 3.26. The molecule has 8 heteroatoms. The van der Waals surface area contributed by atoms with Gasteiger partial charge in [0, 0.05) is 13.5 Å². The smallest absolute Gasteiger partial charge is 0.264 e. The highest BCUT2D eigenvalue weighted by Crippen LogP contribution is 2.40. The minimum absolute atomic E-state index is 0.0706. The minimum atomic E-state index is -3.68. The zero-order valence-electron chi connectivity index (χ0n) is 12.4. The van der Waals surface area contributed by atoms with Crippen LogP contribution in [0, 0.1) is 12.3 Å². The molecule has 0 radical (unpaired) electrons. The fourth-order valence-electron chi connectivity index (χ4n) is 2.63. The summed E-state index contributed by atoms with van der Waals surface area (Å²) in [4.78, 5) is 0. The molecule has 0 N–H and O–H groups in total. The van der Waals surface area contributed by atoms with E-state index in [9.17, 15) is 8.42 Å². The molecule has 2 rings (SSSR count). The average molecular weight is 320 g/mol. The van der Waals surface area contributed by atoms with Gasteiger partial charge >= 0.3 is 0 Å². The number of terminal acetylenes is 1. The molecule has 120 valence electrons. The first-order chi connectivity index (χ1) is 9.67. The fraction of sp³-hybridized carbons (Fsp3) is 0.846. The molecule has 2 saturated heterocycles. The first-order valence-corrected chi connectivity index (χ1v) is 8.34. The van der Waals surface area contributed by atoms with Crippen LogP contribution in [0.2, 0.25) is 0 Å². The molecule has 2 heterocycles. The van der Waals surface area contributed by atoms with Gasteiger partial charge in [0.25, 0.3) is 10.1 Å². The SMILES string of the molecule is C#CC[C@@H](OS(C)(=O)=O)[C@H]1O[C@H](OC)[C@H]2OC(C)(C)O[C@H]21. The van der Waals surface area contributed by atoms with Crippen LogP contribution in [-0.4, -0.2) is 58.3 Å². The van der Waals surface area contributed by atoms with Gasteiger partial charge in [-0.3, -0.25) is 4.18 Å². The first-order valence-electron chi connectivity index (χ1n) is 6.52. The Bertz CT molecular complexity index is 521. The summed E-state index contributed by atoms with van der Waals surface area (Å²) >= 11 is 0. The Morgan fingerprint density at radius 1 is 1.33 bits per heavy atom. The summed E-state index contributed by atoms with van der Waals surface area (Å²) in [5.41, 5.74) is 0. The van der Waals surface area contributed by atoms with Crippen molar-refractivity contribution in [3.8, 4) is 12.3 Å². The molecule has 0 aliphatic carbocycles. The Morgan fingerprint density at radius 3 is 2.48 bits per heavy atom. The van der Waals surface area contributed by atoms with Gasteiger partial charge in [0.2, 0.25) is 0 Å². The summed E-state index contributed by atoms with van der Waals surface area (Å²) in [6.07, 6.45) is 3.16. The molecule has 21 heavy (non-hydrogen) atoms. The standard InChI is InChI=1S/C13H20O7S/c1-6-7-8(20-21(5,14)15)9-10-11(12(16-4)17-9)19-13(2,3)18-10/h1,8-12H,7H2,2-5H3/t8-,9-,10+,11+,12+/m1/s1. The van der Waals surface area contributed by atoms with E-state index in [1.165, 1.54) is 7.11 Å². The van der Waals surface area contributed by atoms with Crippen molar-refractivity contribution in [3.63, 3.8) is 0 Å². The van der Waals surface area contributed by atoms with Crippen LogP contribution in [0.5, 0.6) is 0 Å². The minimum Gasteiger partial charge on any atom is -0.353 e. The van der Waals surface area contributed by atoms with E-state index >= 15 is 0 Å². The summed E-state index contributed by atoms with van der Waals surface area (Å²) < 4.78 is 50.3. The summed E-state index contributed by atoms with van der Waals surface area (Å²) in [5, 5.41) is 0. The molecular weight excluding hydrogens is 300 g/mol. The van der Waals surface area contributed by atoms with Crippen LogP contribution in [0.25, 0.3) is 0 Å². The van der Waals surface area contributed by atoms with Gasteiger partial charge in [0.15, 0.2) is 12.1 Å². The van der Waals surface area contributed by atoms with E-state index in [4.69, 9.17) is 29.6 Å². The Kier molecular flexibility index (Phi) is 4.63. The number of ether oxygens (including phenoxy) is 4. The Labute approximate surface area is 125 Å². The van der Waals surface area contributed by atoms with Crippen molar-refractivity contribution in [1.29, 1.82) is 0 Å². The summed E-state index contributed by atoms with van der Waals surface area (Å²) in [6, 6.07) is 0. The van der Waals surface area contributed by atoms with Crippen LogP contribution in [0.15, 0.2) is 0 Å². The van der Waals surface area contributed by atoms with Crippen molar-refractivity contribution < 1.29 is 31.5 Å². The zero-order valence-corrected chi connectivity index (χ0v) is 13.3. The fourth-order valence-corrected chi connectivity index (χ4v) is 3.25. The normalized spacial score (nSPS) is 36.1. The highest BCUT2D eigenvalue weighted by atomic mass is 32.2. The summed E-state index contributed by atoms with van der Waals surface area (Å²) in [5.74, 6) is 1.59. The highest BCUT2D eigenvalue weighted by Gasteiger charge is 2.58. The monoisotopic (exact) mass is 320 g/mol. The number of methoxy groups -OCH3 is 1. The number of fused-ring (bicyclic) bond motifs is 1. The van der Waals surface area contributed by atoms with Crippen molar-refractivity contribution in [3.05, 3.63) is 0 Å². The van der Waals surface area contributed by atoms with E-state index < -0.39 is 46.6 Å². The molecule has 0 aromatic rings. The van der Waals surface area contributed by atoms with E-state index in [0.29, 0.717) is 0 Å². The third kappa shape index (κ3) is 3.74. The third-order valence-corrected chi connectivity index (χ3v) is 3.86. The Hall–Kier alpha value is -0.690. The lowest BCUT2D eigenvalue weighted by Crippen LogP contribution is -2.40. The van der Waals surface area contributed by atoms with Gasteiger partial charge in [-0.15, -0.1) is 12.3 Å². The Balaban J connectivity index is 2.22. The van der Waals surface area contributed by atoms with Crippen LogP contribution in [0.4, 0.5) is 0 Å². The molecular formula is C13H20O7S. The van der Waals surface area contributed by atoms with Gasteiger partial charge in [0.05, 0.1) is 6.26 Å². The second-order valence-corrected chi connectivity index (χ2v) is 7.12. The topological polar surface area (TPSA) is 80.3 Å². The lowest BCUT2D eigenvalue weighted by Gasteiger charge is -2.27. The van der Waals surface area contributed by atoms with Gasteiger partial charge in [-0.05, 0) is 13.8 Å². The van der Waals surface area contributed by atoms with Crippen LogP contribution in [0.1, 0.15) is 20.3 Å². The van der Waals surface area contributed by atoms with Crippen LogP contribution >= 0.6 is 0 Å². The van der Waals surface area contributed by atoms with Crippen molar-refractivity contribution in [2.45, 2.75) is 56.8 Å². The molecule has 7 nitrogen and oxygen atoms in total. The quantitative estimate of drug-likeness (QED) is 0.530. The van der Waals surface area contributed by atoms with E-state index in [1.807, 2.05) is 0 Å². The maximum atomic E-state index is 11.4. The Morgan fingerprint density at radius 2 is 1.95 bits per heavy atom. The molecule has 0 spiro atoms. The van der Waals surface area contributed by atoms with Crippen LogP contribution in [-0.2, 0) is 33.2 Å². The van der Waals surface area contributed by atoms with E-state index in [1.54, 1.807) is 13.8 Å². The molecule has 2 aliphatic rings. The molecule has 0 aromatic carbocycles. The second-order valence-electron chi connectivity index (χ2n) is 5.52. The summed E-state index contributed by atoms with van der Waals surface area (Å²) in [6.45, 7) is 3.53. The molecule has 0 saturated carbocycles. The maximum Gasteiger partial charge on any atom is 0.264 e. The van der Waals surface area contributed by atoms with Crippen molar-refractivity contribution in [2.75, 3.05) is 13.4 Å². The number of hydrogen-bond acceptors (Lipinski definition) is 7. The first kappa shape index (κ1) is 16.7. The zero-order chi connectivity index (χ0) is 15.8. The molecule has 2 fully saturated rings. The van der Waals surface area contributed by atoms with E-state index in [0.717, 1.165) is 6.26 Å². The largest absolute Gasteiger partial charge is 0.353 e. The van der Waals surface area contributed by atoms with Crippen molar-refractivity contribution >= 4 is 10.1 Å².